The van der Waals surface area contributed by atoms with Crippen molar-refractivity contribution in [3.8, 4) is 0 Å². The van der Waals surface area contributed by atoms with Gasteiger partial charge in [0.25, 0.3) is 0 Å². The van der Waals surface area contributed by atoms with Crippen LogP contribution in [0.1, 0.15) is 46.5 Å². The van der Waals surface area contributed by atoms with Gasteiger partial charge in [0, 0.05) is 0 Å². The molecule has 1 rings (SSSR count). The van der Waals surface area contributed by atoms with Crippen molar-refractivity contribution >= 4 is 11.8 Å². The Hall–Kier alpha value is -1.38. The maximum Gasteiger partial charge on any atom is 0.342 e. The van der Waals surface area contributed by atoms with Crippen molar-refractivity contribution in [2.45, 2.75) is 52.6 Å². The van der Waals surface area contributed by atoms with Gasteiger partial charge < -0.3 is 4.74 Å². The molecule has 0 aromatic rings. The molecule has 0 atom stereocenters. The quantitative estimate of drug-likeness (QED) is 0.326. The molecule has 0 heterocycles. The second kappa shape index (κ2) is 6.38. The van der Waals surface area contributed by atoms with E-state index >= 15 is 0 Å². The molecule has 3 heteroatoms. The molecule has 0 fully saturated rings. The first-order valence-electron chi connectivity index (χ1n) is 6.13. The number of hydrogen-bond acceptors (Lipinski definition) is 3. The average Bonchev–Trinajstić information content (AvgIpc) is 2.25. The summed E-state index contributed by atoms with van der Waals surface area (Å²) in [5.41, 5.74) is 1.23. The molecule has 1 aliphatic carbocycles. The number of rotatable bonds is 4. The number of esters is 1. The Kier molecular flexibility index (Phi) is 5.13. The summed E-state index contributed by atoms with van der Waals surface area (Å²) in [6.07, 6.45) is 7.84. The fourth-order valence-corrected chi connectivity index (χ4v) is 1.76. The van der Waals surface area contributed by atoms with E-state index in [0.29, 0.717) is 0 Å². The van der Waals surface area contributed by atoms with Crippen LogP contribution >= 0.6 is 0 Å². The summed E-state index contributed by atoms with van der Waals surface area (Å²) in [5.74, 6) is -0.749. The number of carbonyl (C=O) groups is 2. The molecule has 0 bridgehead atoms. The van der Waals surface area contributed by atoms with Gasteiger partial charge in [-0.2, -0.15) is 0 Å². The summed E-state index contributed by atoms with van der Waals surface area (Å²) >= 11 is 0. The van der Waals surface area contributed by atoms with E-state index in [1.54, 1.807) is 19.9 Å². The van der Waals surface area contributed by atoms with Crippen molar-refractivity contribution in [3.63, 3.8) is 0 Å². The molecule has 0 aromatic heterocycles. The molecule has 3 nitrogen and oxygen atoms in total. The largest absolute Gasteiger partial charge is 0.459 e. The minimum absolute atomic E-state index is 0.159. The number of hydrogen-bond donors (Lipinski definition) is 0. The summed E-state index contributed by atoms with van der Waals surface area (Å²) in [6.45, 7) is 4.95. The highest BCUT2D eigenvalue weighted by Gasteiger charge is 2.18. The van der Waals surface area contributed by atoms with Crippen LogP contribution in [-0.2, 0) is 14.3 Å². The van der Waals surface area contributed by atoms with E-state index in [2.05, 4.69) is 6.08 Å². The molecule has 0 aromatic carbocycles. The monoisotopic (exact) mass is 236 g/mol. The van der Waals surface area contributed by atoms with Gasteiger partial charge in [-0.1, -0.05) is 11.6 Å². The van der Waals surface area contributed by atoms with Gasteiger partial charge in [-0.3, -0.25) is 4.79 Å². The van der Waals surface area contributed by atoms with E-state index in [1.807, 2.05) is 0 Å². The zero-order valence-corrected chi connectivity index (χ0v) is 10.8. The Morgan fingerprint density at radius 1 is 1.35 bits per heavy atom. The normalized spacial score (nSPS) is 16.7. The Morgan fingerprint density at radius 2 is 2.06 bits per heavy atom. The summed E-state index contributed by atoms with van der Waals surface area (Å²) in [5, 5.41) is 0. The first-order chi connectivity index (χ1) is 8.00. The first-order valence-corrected chi connectivity index (χ1v) is 6.13. The van der Waals surface area contributed by atoms with E-state index in [4.69, 9.17) is 4.74 Å². The number of ether oxygens (including phenoxy) is 1. The Labute approximate surface area is 103 Å². The van der Waals surface area contributed by atoms with Gasteiger partial charge >= 0.3 is 5.97 Å². The van der Waals surface area contributed by atoms with Crippen molar-refractivity contribution < 1.29 is 14.3 Å². The van der Waals surface area contributed by atoms with Gasteiger partial charge in [-0.05, 0) is 52.5 Å². The predicted molar refractivity (Wildman–Crippen MR) is 66.5 cm³/mol. The lowest BCUT2D eigenvalue weighted by Crippen LogP contribution is -2.18. The van der Waals surface area contributed by atoms with Crippen LogP contribution in [0.4, 0.5) is 0 Å². The second-order valence-corrected chi connectivity index (χ2v) is 4.59. The van der Waals surface area contributed by atoms with Crippen molar-refractivity contribution in [2.75, 3.05) is 0 Å². The number of Topliss-reactive ketones (excluding diaryl/α,β-unsaturated/α-hetero) is 1. The topological polar surface area (TPSA) is 43.4 Å². The highest BCUT2D eigenvalue weighted by Crippen LogP contribution is 2.20. The maximum atomic E-state index is 11.7. The highest BCUT2D eigenvalue weighted by atomic mass is 16.5. The first kappa shape index (κ1) is 13.7. The van der Waals surface area contributed by atoms with Gasteiger partial charge in [-0.15, -0.1) is 0 Å². The molecule has 0 spiro atoms. The van der Waals surface area contributed by atoms with Crippen LogP contribution < -0.4 is 0 Å². The Morgan fingerprint density at radius 3 is 2.53 bits per heavy atom. The lowest BCUT2D eigenvalue weighted by molar-refractivity contribution is -0.143. The molecule has 0 aliphatic heterocycles. The van der Waals surface area contributed by atoms with Crippen LogP contribution in [-0.4, -0.2) is 17.9 Å². The summed E-state index contributed by atoms with van der Waals surface area (Å²) in [4.78, 5) is 23.2. The third kappa shape index (κ3) is 4.55. The Balaban J connectivity index is 2.84. The predicted octanol–water partition coefficient (Wildman–Crippen LogP) is 2.95. The third-order valence-corrected chi connectivity index (χ3v) is 2.60. The summed E-state index contributed by atoms with van der Waals surface area (Å²) in [6, 6.07) is 0. The molecular formula is C14H20O3. The van der Waals surface area contributed by atoms with Gasteiger partial charge in [-0.25, -0.2) is 4.79 Å². The minimum Gasteiger partial charge on any atom is -0.459 e. The molecule has 0 unspecified atom stereocenters. The molecule has 0 saturated carbocycles. The molecule has 94 valence electrons. The summed E-state index contributed by atoms with van der Waals surface area (Å²) < 4.78 is 5.06. The average molecular weight is 236 g/mol. The van der Waals surface area contributed by atoms with E-state index < -0.39 is 5.97 Å². The van der Waals surface area contributed by atoms with Crippen LogP contribution in [0.2, 0.25) is 0 Å². The molecular weight excluding hydrogens is 216 g/mol. The lowest BCUT2D eigenvalue weighted by Gasteiger charge is -2.12. The molecule has 17 heavy (non-hydrogen) atoms. The lowest BCUT2D eigenvalue weighted by atomic mass is 9.97. The second-order valence-electron chi connectivity index (χ2n) is 4.59. The minimum atomic E-state index is -0.515. The smallest absolute Gasteiger partial charge is 0.342 e. The van der Waals surface area contributed by atoms with Crippen molar-refractivity contribution in [1.82, 2.24) is 0 Å². The van der Waals surface area contributed by atoms with E-state index in [9.17, 15) is 9.59 Å². The number of ketones is 1. The van der Waals surface area contributed by atoms with Crippen molar-refractivity contribution in [3.05, 3.63) is 23.3 Å². The highest BCUT2D eigenvalue weighted by molar-refractivity contribution is 6.16. The number of allylic oxidation sites excluding steroid dienone is 3. The van der Waals surface area contributed by atoms with Crippen molar-refractivity contribution in [1.29, 1.82) is 0 Å². The molecule has 0 amide bonds. The fraction of sp³-hybridized carbons (Fsp3) is 0.571. The SMILES string of the molecule is CC(=O)C(=CC1=CCCCC1)C(=O)OC(C)C. The fourth-order valence-electron chi connectivity index (χ4n) is 1.76. The zero-order chi connectivity index (χ0) is 12.8. The van der Waals surface area contributed by atoms with Gasteiger partial charge in [0.15, 0.2) is 5.78 Å². The van der Waals surface area contributed by atoms with E-state index in [0.717, 1.165) is 24.8 Å². The van der Waals surface area contributed by atoms with E-state index in [1.165, 1.54) is 13.3 Å². The number of carbonyl (C=O) groups excluding carboxylic acids is 2. The van der Waals surface area contributed by atoms with E-state index in [-0.39, 0.29) is 17.5 Å². The standard InChI is InChI=1S/C14H20O3/c1-10(2)17-14(16)13(11(3)15)9-12-7-5-4-6-8-12/h7,9-10H,4-6,8H2,1-3H3. The van der Waals surface area contributed by atoms with Crippen LogP contribution in [0.3, 0.4) is 0 Å². The maximum absolute atomic E-state index is 11.7. The molecule has 1 aliphatic rings. The van der Waals surface area contributed by atoms with Crippen LogP contribution in [0.15, 0.2) is 23.3 Å². The van der Waals surface area contributed by atoms with Crippen molar-refractivity contribution in [2.24, 2.45) is 0 Å². The molecule has 0 N–H and O–H groups in total. The van der Waals surface area contributed by atoms with Gasteiger partial charge in [0.2, 0.25) is 0 Å². The van der Waals surface area contributed by atoms with Gasteiger partial charge in [0.1, 0.15) is 5.57 Å². The zero-order valence-electron chi connectivity index (χ0n) is 10.8. The molecule has 0 radical (unpaired) electrons. The van der Waals surface area contributed by atoms with Crippen LogP contribution in [0, 0.1) is 0 Å². The van der Waals surface area contributed by atoms with Gasteiger partial charge in [0.05, 0.1) is 6.10 Å². The Bertz CT molecular complexity index is 362. The molecule has 0 saturated heterocycles. The van der Waals surface area contributed by atoms with Crippen LogP contribution in [0.5, 0.6) is 0 Å². The third-order valence-electron chi connectivity index (χ3n) is 2.60. The van der Waals surface area contributed by atoms with Crippen LogP contribution in [0.25, 0.3) is 0 Å². The summed E-state index contributed by atoms with van der Waals surface area (Å²) in [7, 11) is 0.